The molecule has 1 radical (unpaired) electrons. The third-order valence-corrected chi connectivity index (χ3v) is 2.50. The summed E-state index contributed by atoms with van der Waals surface area (Å²) in [6.07, 6.45) is -9.94. The normalized spacial score (nSPS) is 12.3. The van der Waals surface area contributed by atoms with Crippen molar-refractivity contribution in [1.82, 2.24) is 0 Å². The molecule has 0 spiro atoms. The molecule has 0 saturated carbocycles. The van der Waals surface area contributed by atoms with Gasteiger partial charge >= 0.3 is 107 Å². The van der Waals surface area contributed by atoms with Crippen LogP contribution in [0.4, 0.5) is 26.3 Å². The zero-order chi connectivity index (χ0) is 14.1. The number of carbonyl (C=O) groups excluding carboxylic acids is 1. The van der Waals surface area contributed by atoms with Crippen LogP contribution in [-0.4, -0.2) is 24.9 Å². The van der Waals surface area contributed by atoms with Gasteiger partial charge in [-0.25, -0.2) is 0 Å². The summed E-state index contributed by atoms with van der Waals surface area (Å²) in [5, 5.41) is 0. The van der Waals surface area contributed by atoms with E-state index < -0.39 is 35.0 Å². The number of rotatable bonds is 1. The average Bonchev–Trinajstić information content (AvgIpc) is 2.25. The second kappa shape index (κ2) is 4.88. The predicted octanol–water partition coefficient (Wildman–Crippen LogP) is 2.70. The van der Waals surface area contributed by atoms with Crippen LogP contribution in [0, 0.1) is 0 Å². The van der Waals surface area contributed by atoms with Crippen LogP contribution >= 0.6 is 0 Å². The van der Waals surface area contributed by atoms with E-state index in [0.29, 0.717) is 12.1 Å². The summed E-state index contributed by atoms with van der Waals surface area (Å²) in [5.41, 5.74) is -3.86. The first-order chi connectivity index (χ1) is 8.05. The summed E-state index contributed by atoms with van der Waals surface area (Å²) >= 11 is -0.0313. The molecule has 0 aliphatic heterocycles. The summed E-state index contributed by atoms with van der Waals surface area (Å²) in [7, 11) is 0. The molecular weight excluding hydrogens is 324 g/mol. The monoisotopic (exact) mass is 327 g/mol. The van der Waals surface area contributed by atoms with Gasteiger partial charge in [-0.15, -0.1) is 0 Å². The van der Waals surface area contributed by atoms with Gasteiger partial charge in [-0.2, -0.15) is 0 Å². The molecule has 1 aromatic carbocycles. The van der Waals surface area contributed by atoms with Gasteiger partial charge in [0.25, 0.3) is 0 Å². The number of alkyl halides is 6. The van der Waals surface area contributed by atoms with E-state index in [4.69, 9.17) is 0 Å². The van der Waals surface area contributed by atoms with Crippen molar-refractivity contribution in [3.05, 3.63) is 34.9 Å². The fourth-order valence-electron chi connectivity index (χ4n) is 1.16. The molecule has 0 aliphatic carbocycles. The average molecular weight is 328 g/mol. The Labute approximate surface area is 107 Å². The van der Waals surface area contributed by atoms with E-state index in [1.165, 1.54) is 0 Å². The molecule has 0 heterocycles. The predicted molar refractivity (Wildman–Crippen MR) is 49.0 cm³/mol. The van der Waals surface area contributed by atoms with Gasteiger partial charge in [0.15, 0.2) is 0 Å². The van der Waals surface area contributed by atoms with Crippen molar-refractivity contribution in [2.45, 2.75) is 12.4 Å². The van der Waals surface area contributed by atoms with Crippen molar-refractivity contribution in [3.8, 4) is 0 Å². The molecule has 97 valence electrons. The molecule has 1 rings (SSSR count). The van der Waals surface area contributed by atoms with Gasteiger partial charge < -0.3 is 0 Å². The Kier molecular flexibility index (Phi) is 4.06. The molecule has 0 N–H and O–H groups in total. The minimum absolute atomic E-state index is 0.0313. The van der Waals surface area contributed by atoms with E-state index in [0.717, 1.165) is 0 Å². The standard InChI is InChI=1S/C9H4F6O2.Ga.H/c10-8(11,12)5-1-4(7(16)17)2-6(3-5)9(13,14)15;;/h1-3H,(H,16,17);;/q;+1;/p-1. The third kappa shape index (κ3) is 3.45. The molecule has 0 amide bonds. The van der Waals surface area contributed by atoms with E-state index in [9.17, 15) is 31.1 Å². The number of benzene rings is 1. The van der Waals surface area contributed by atoms with E-state index in [1.807, 2.05) is 0 Å². The quantitative estimate of drug-likeness (QED) is 0.585. The number of halogens is 6. The molecule has 0 aromatic heterocycles. The van der Waals surface area contributed by atoms with Gasteiger partial charge in [-0.05, 0) is 0 Å². The Morgan fingerprint density at radius 2 is 1.33 bits per heavy atom. The van der Waals surface area contributed by atoms with Gasteiger partial charge in [0.1, 0.15) is 0 Å². The van der Waals surface area contributed by atoms with Crippen molar-refractivity contribution in [2.24, 2.45) is 0 Å². The Balaban J connectivity index is 3.44. The van der Waals surface area contributed by atoms with Crippen LogP contribution in [0.25, 0.3) is 0 Å². The third-order valence-electron chi connectivity index (χ3n) is 1.95. The zero-order valence-corrected chi connectivity index (χ0v) is 11.5. The molecule has 0 bridgehead atoms. The molecule has 1 aromatic rings. The van der Waals surface area contributed by atoms with Gasteiger partial charge in [0.05, 0.1) is 0 Å². The fraction of sp³-hybridized carbons (Fsp3) is 0.222. The van der Waals surface area contributed by atoms with E-state index in [2.05, 4.69) is 3.53 Å². The molecule has 2 nitrogen and oxygen atoms in total. The second-order valence-electron chi connectivity index (χ2n) is 3.23. The number of hydrogen-bond acceptors (Lipinski definition) is 2. The molecule has 0 fully saturated rings. The van der Waals surface area contributed by atoms with Crippen molar-refractivity contribution in [3.63, 3.8) is 0 Å². The molecular formula is C9H4F6GaO2. The maximum atomic E-state index is 12.4. The Hall–Kier alpha value is -1.09. The van der Waals surface area contributed by atoms with Gasteiger partial charge in [-0.3, -0.25) is 0 Å². The van der Waals surface area contributed by atoms with Crippen molar-refractivity contribution < 1.29 is 34.7 Å². The molecule has 0 saturated heterocycles. The van der Waals surface area contributed by atoms with Crippen molar-refractivity contribution >= 4 is 24.9 Å². The molecule has 0 aliphatic rings. The molecule has 18 heavy (non-hydrogen) atoms. The van der Waals surface area contributed by atoms with Gasteiger partial charge in [0.2, 0.25) is 0 Å². The van der Waals surface area contributed by atoms with Crippen LogP contribution in [0.5, 0.6) is 0 Å². The molecule has 0 unspecified atom stereocenters. The number of carbonyl (C=O) groups is 1. The Morgan fingerprint density at radius 1 is 0.944 bits per heavy atom. The Bertz CT molecular complexity index is 433. The molecule has 9 heteroatoms. The van der Waals surface area contributed by atoms with Crippen LogP contribution in [0.2, 0.25) is 0 Å². The van der Waals surface area contributed by atoms with Crippen molar-refractivity contribution in [1.29, 1.82) is 0 Å². The van der Waals surface area contributed by atoms with Gasteiger partial charge in [0, 0.05) is 0 Å². The van der Waals surface area contributed by atoms with E-state index in [1.54, 1.807) is 0 Å². The summed E-state index contributed by atoms with van der Waals surface area (Å²) < 4.78 is 78.6. The second-order valence-corrected chi connectivity index (χ2v) is 3.83. The summed E-state index contributed by atoms with van der Waals surface area (Å²) in [6.45, 7) is 0. The molecule has 0 atom stereocenters. The first kappa shape index (κ1) is 15.0. The topological polar surface area (TPSA) is 26.3 Å². The SMILES string of the molecule is O=C([O][GaH])c1cc(C(F)(F)F)cc(C(F)(F)F)c1. The summed E-state index contributed by atoms with van der Waals surface area (Å²) in [5.74, 6) is -1.22. The summed E-state index contributed by atoms with van der Waals surface area (Å²) in [4.78, 5) is 11.0. The van der Waals surface area contributed by atoms with Crippen LogP contribution in [-0.2, 0) is 15.9 Å². The number of hydrogen-bond donors (Lipinski definition) is 0. The maximum absolute atomic E-state index is 12.4. The van der Waals surface area contributed by atoms with Crippen LogP contribution in [0.3, 0.4) is 0 Å². The zero-order valence-electron chi connectivity index (χ0n) is 8.52. The minimum atomic E-state index is -4.97. The van der Waals surface area contributed by atoms with Crippen molar-refractivity contribution in [2.75, 3.05) is 0 Å². The van der Waals surface area contributed by atoms with E-state index in [-0.39, 0.29) is 25.0 Å². The van der Waals surface area contributed by atoms with Gasteiger partial charge in [-0.1, -0.05) is 0 Å². The first-order valence-corrected chi connectivity index (χ1v) is 5.52. The van der Waals surface area contributed by atoms with Crippen LogP contribution < -0.4 is 0 Å². The Morgan fingerprint density at radius 3 is 1.61 bits per heavy atom. The first-order valence-electron chi connectivity index (χ1n) is 4.31. The summed E-state index contributed by atoms with van der Waals surface area (Å²) in [6, 6.07) is 0.600. The van der Waals surface area contributed by atoms with Crippen LogP contribution in [0.1, 0.15) is 21.5 Å². The fourth-order valence-corrected chi connectivity index (χ4v) is 1.51. The van der Waals surface area contributed by atoms with Crippen LogP contribution in [0.15, 0.2) is 18.2 Å². The van der Waals surface area contributed by atoms with E-state index >= 15 is 0 Å².